The molecule has 0 atom stereocenters. The predicted molar refractivity (Wildman–Crippen MR) is 152 cm³/mol. The molecule has 194 valence electrons. The standard InChI is InChI=1S/C26H20BrN3O6S2/c1-2-35-21-13-17(12-20(27)23(21)36-15-16-8-10-19(11-9-16)30(33)34)14-22-25(32)29(26(37)38-22)28-24(31)18-6-4-3-5-7-18/h3-14H,2,15H2,1H3,(H,28,31)/b22-14+. The Bertz CT molecular complexity index is 1430. The number of carbonyl (C=O) groups is 2. The molecule has 1 heterocycles. The van der Waals surface area contributed by atoms with E-state index in [0.29, 0.717) is 38.6 Å². The minimum atomic E-state index is -0.460. The average Bonchev–Trinajstić information content (AvgIpc) is 3.16. The molecular formula is C26H20BrN3O6S2. The smallest absolute Gasteiger partial charge is 0.285 e. The Labute approximate surface area is 236 Å². The van der Waals surface area contributed by atoms with Gasteiger partial charge in [-0.25, -0.2) is 0 Å². The summed E-state index contributed by atoms with van der Waals surface area (Å²) < 4.78 is 12.5. The first kappa shape index (κ1) is 27.3. The van der Waals surface area contributed by atoms with Gasteiger partial charge in [0.15, 0.2) is 15.8 Å². The molecule has 0 radical (unpaired) electrons. The van der Waals surface area contributed by atoms with Crippen LogP contribution in [0.3, 0.4) is 0 Å². The number of ether oxygens (including phenoxy) is 2. The fourth-order valence-electron chi connectivity index (χ4n) is 3.41. The van der Waals surface area contributed by atoms with Gasteiger partial charge in [0.1, 0.15) is 6.61 Å². The van der Waals surface area contributed by atoms with Crippen molar-refractivity contribution in [3.8, 4) is 11.5 Å². The number of nitrogens with zero attached hydrogens (tertiary/aromatic N) is 2. The first-order valence-electron chi connectivity index (χ1n) is 11.2. The summed E-state index contributed by atoms with van der Waals surface area (Å²) in [5, 5.41) is 11.9. The van der Waals surface area contributed by atoms with E-state index < -0.39 is 16.7 Å². The van der Waals surface area contributed by atoms with Gasteiger partial charge in [0.25, 0.3) is 17.5 Å². The van der Waals surface area contributed by atoms with Crippen molar-refractivity contribution in [1.82, 2.24) is 10.4 Å². The molecule has 1 N–H and O–H groups in total. The second kappa shape index (κ2) is 12.2. The maximum Gasteiger partial charge on any atom is 0.285 e. The third kappa shape index (κ3) is 6.39. The van der Waals surface area contributed by atoms with E-state index in [0.717, 1.165) is 22.3 Å². The molecule has 12 heteroatoms. The highest BCUT2D eigenvalue weighted by Gasteiger charge is 2.34. The van der Waals surface area contributed by atoms with Gasteiger partial charge in [0, 0.05) is 17.7 Å². The third-order valence-corrected chi connectivity index (χ3v) is 7.09. The van der Waals surface area contributed by atoms with Gasteiger partial charge >= 0.3 is 0 Å². The highest BCUT2D eigenvalue weighted by atomic mass is 79.9. The molecule has 3 aromatic carbocycles. The molecule has 1 saturated heterocycles. The molecule has 0 unspecified atom stereocenters. The molecule has 1 aliphatic rings. The molecule has 0 bridgehead atoms. The Morgan fingerprint density at radius 2 is 1.87 bits per heavy atom. The highest BCUT2D eigenvalue weighted by Crippen LogP contribution is 2.39. The quantitative estimate of drug-likeness (QED) is 0.138. The van der Waals surface area contributed by atoms with Gasteiger partial charge in [0.05, 0.1) is 20.9 Å². The number of carbonyl (C=O) groups excluding carboxylic acids is 2. The van der Waals surface area contributed by atoms with Crippen LogP contribution in [-0.2, 0) is 11.4 Å². The van der Waals surface area contributed by atoms with Crippen molar-refractivity contribution in [1.29, 1.82) is 0 Å². The first-order valence-corrected chi connectivity index (χ1v) is 13.2. The van der Waals surface area contributed by atoms with Crippen LogP contribution in [0.2, 0.25) is 0 Å². The summed E-state index contributed by atoms with van der Waals surface area (Å²) in [6.45, 7) is 2.37. The lowest BCUT2D eigenvalue weighted by molar-refractivity contribution is -0.384. The van der Waals surface area contributed by atoms with E-state index in [9.17, 15) is 19.7 Å². The minimum Gasteiger partial charge on any atom is -0.490 e. The van der Waals surface area contributed by atoms with Crippen molar-refractivity contribution < 1.29 is 24.0 Å². The maximum atomic E-state index is 13.0. The number of nitro benzene ring substituents is 1. The van der Waals surface area contributed by atoms with Crippen LogP contribution in [0.4, 0.5) is 5.69 Å². The summed E-state index contributed by atoms with van der Waals surface area (Å²) in [7, 11) is 0. The van der Waals surface area contributed by atoms with Crippen LogP contribution < -0.4 is 14.9 Å². The third-order valence-electron chi connectivity index (χ3n) is 5.20. The lowest BCUT2D eigenvalue weighted by Gasteiger charge is -2.16. The number of hydrazine groups is 1. The zero-order valence-electron chi connectivity index (χ0n) is 19.9. The molecule has 38 heavy (non-hydrogen) atoms. The zero-order chi connectivity index (χ0) is 27.2. The van der Waals surface area contributed by atoms with Crippen LogP contribution >= 0.6 is 39.9 Å². The topological polar surface area (TPSA) is 111 Å². The molecule has 0 spiro atoms. The highest BCUT2D eigenvalue weighted by molar-refractivity contribution is 9.10. The van der Waals surface area contributed by atoms with Crippen LogP contribution in [-0.4, -0.2) is 32.7 Å². The number of thioether (sulfide) groups is 1. The zero-order valence-corrected chi connectivity index (χ0v) is 23.1. The molecular weight excluding hydrogens is 594 g/mol. The monoisotopic (exact) mass is 613 g/mol. The Balaban J connectivity index is 1.51. The van der Waals surface area contributed by atoms with Crippen molar-refractivity contribution in [3.63, 3.8) is 0 Å². The number of amides is 2. The minimum absolute atomic E-state index is 0.000616. The van der Waals surface area contributed by atoms with E-state index in [4.69, 9.17) is 21.7 Å². The number of hydrogen-bond donors (Lipinski definition) is 1. The van der Waals surface area contributed by atoms with Crippen LogP contribution in [0, 0.1) is 10.1 Å². The molecule has 9 nitrogen and oxygen atoms in total. The van der Waals surface area contributed by atoms with E-state index in [1.54, 1.807) is 60.7 Å². The van der Waals surface area contributed by atoms with Crippen molar-refractivity contribution in [2.75, 3.05) is 6.61 Å². The summed E-state index contributed by atoms with van der Waals surface area (Å²) >= 11 is 9.90. The number of nitro groups is 1. The molecule has 0 saturated carbocycles. The van der Waals surface area contributed by atoms with Gasteiger partial charge in [-0.15, -0.1) is 0 Å². The van der Waals surface area contributed by atoms with Crippen LogP contribution in [0.15, 0.2) is 76.1 Å². The number of hydrogen-bond acceptors (Lipinski definition) is 8. The number of nitrogens with one attached hydrogen (secondary N) is 1. The SMILES string of the molecule is CCOc1cc(/C=C2/SC(=S)N(NC(=O)c3ccccc3)C2=O)cc(Br)c1OCc1ccc([N+](=O)[O-])cc1. The fraction of sp³-hybridized carbons (Fsp3) is 0.115. The summed E-state index contributed by atoms with van der Waals surface area (Å²) in [5.41, 5.74) is 4.35. The van der Waals surface area contributed by atoms with Gasteiger partial charge in [-0.1, -0.05) is 30.0 Å². The first-order chi connectivity index (χ1) is 18.3. The van der Waals surface area contributed by atoms with Gasteiger partial charge in [-0.2, -0.15) is 5.01 Å². The lowest BCUT2D eigenvalue weighted by atomic mass is 10.1. The molecule has 1 fully saturated rings. The lowest BCUT2D eigenvalue weighted by Crippen LogP contribution is -2.44. The van der Waals surface area contributed by atoms with Crippen molar-refractivity contribution in [3.05, 3.63) is 103 Å². The molecule has 2 amide bonds. The summed E-state index contributed by atoms with van der Waals surface area (Å²) in [4.78, 5) is 36.2. The second-order valence-corrected chi connectivity index (χ2v) is 10.3. The van der Waals surface area contributed by atoms with E-state index in [-0.39, 0.29) is 16.6 Å². The number of benzene rings is 3. The molecule has 0 aromatic heterocycles. The number of rotatable bonds is 9. The Kier molecular flexibility index (Phi) is 8.77. The van der Waals surface area contributed by atoms with Gasteiger partial charge in [-0.3, -0.25) is 25.1 Å². The maximum absolute atomic E-state index is 13.0. The average molecular weight is 614 g/mol. The normalized spacial score (nSPS) is 14.1. The Hall–Kier alpha value is -3.74. The van der Waals surface area contributed by atoms with Crippen molar-refractivity contribution in [2.45, 2.75) is 13.5 Å². The summed E-state index contributed by atoms with van der Waals surface area (Å²) in [6.07, 6.45) is 1.65. The molecule has 4 rings (SSSR count). The van der Waals surface area contributed by atoms with E-state index in [1.165, 1.54) is 12.1 Å². The number of non-ortho nitro benzene ring substituents is 1. The van der Waals surface area contributed by atoms with Gasteiger partial charge in [-0.05, 0) is 88.7 Å². The molecule has 3 aromatic rings. The summed E-state index contributed by atoms with van der Waals surface area (Å²) in [6, 6.07) is 18.1. The van der Waals surface area contributed by atoms with Crippen LogP contribution in [0.5, 0.6) is 11.5 Å². The van der Waals surface area contributed by atoms with Gasteiger partial charge < -0.3 is 9.47 Å². The van der Waals surface area contributed by atoms with Crippen LogP contribution in [0.1, 0.15) is 28.4 Å². The number of halogens is 1. The molecule has 1 aliphatic heterocycles. The molecule has 0 aliphatic carbocycles. The number of thiocarbonyl (C=S) groups is 1. The largest absolute Gasteiger partial charge is 0.490 e. The van der Waals surface area contributed by atoms with E-state index >= 15 is 0 Å². The Morgan fingerprint density at radius 1 is 1.16 bits per heavy atom. The fourth-order valence-corrected chi connectivity index (χ4v) is 5.17. The van der Waals surface area contributed by atoms with Crippen LogP contribution in [0.25, 0.3) is 6.08 Å². The summed E-state index contributed by atoms with van der Waals surface area (Å²) in [5.74, 6) is 0.00355. The second-order valence-electron chi connectivity index (χ2n) is 7.80. The Morgan fingerprint density at radius 3 is 2.53 bits per heavy atom. The van der Waals surface area contributed by atoms with Crippen molar-refractivity contribution >= 4 is 67.8 Å². The van der Waals surface area contributed by atoms with E-state index in [2.05, 4.69) is 21.4 Å². The van der Waals surface area contributed by atoms with Crippen molar-refractivity contribution in [2.24, 2.45) is 0 Å². The van der Waals surface area contributed by atoms with Gasteiger partial charge in [0.2, 0.25) is 0 Å². The van der Waals surface area contributed by atoms with E-state index in [1.807, 2.05) is 6.92 Å². The predicted octanol–water partition coefficient (Wildman–Crippen LogP) is 5.88.